The lowest BCUT2D eigenvalue weighted by molar-refractivity contribution is -0.113. The molecule has 27 heavy (non-hydrogen) atoms. The van der Waals surface area contributed by atoms with Gasteiger partial charge < -0.3 is 5.32 Å². The molecule has 3 aliphatic rings. The zero-order valence-corrected chi connectivity index (χ0v) is 16.8. The van der Waals surface area contributed by atoms with Gasteiger partial charge in [0.1, 0.15) is 11.2 Å². The van der Waals surface area contributed by atoms with Crippen molar-refractivity contribution in [3.8, 4) is 0 Å². The van der Waals surface area contributed by atoms with Crippen LogP contribution in [0.15, 0.2) is 29.2 Å². The van der Waals surface area contributed by atoms with Crippen molar-refractivity contribution in [1.82, 2.24) is 14.9 Å². The lowest BCUT2D eigenvalue weighted by Crippen LogP contribution is -2.60. The fourth-order valence-corrected chi connectivity index (χ4v) is 5.39. The second-order valence-electron chi connectivity index (χ2n) is 9.28. The predicted molar refractivity (Wildman–Crippen MR) is 107 cm³/mol. The number of nitrogens with one attached hydrogen (secondary N) is 1. The normalized spacial score (nSPS) is 28.8. The molecule has 5 rings (SSSR count). The zero-order valence-electron chi connectivity index (χ0n) is 16.8. The van der Waals surface area contributed by atoms with E-state index in [1.54, 1.807) is 16.8 Å². The summed E-state index contributed by atoms with van der Waals surface area (Å²) in [5.41, 5.74) is 0.959. The zero-order chi connectivity index (χ0) is 19.5. The highest BCUT2D eigenvalue weighted by atomic mass is 16.2. The van der Waals surface area contributed by atoms with Gasteiger partial charge in [-0.2, -0.15) is 0 Å². The molecule has 0 saturated heterocycles. The van der Waals surface area contributed by atoms with E-state index in [2.05, 4.69) is 31.1 Å². The Hall–Kier alpha value is -2.17. The van der Waals surface area contributed by atoms with Gasteiger partial charge in [-0.1, -0.05) is 20.8 Å². The third-order valence-electron chi connectivity index (χ3n) is 7.23. The molecule has 4 atom stereocenters. The first-order valence-corrected chi connectivity index (χ1v) is 10.0. The Bertz CT molecular complexity index is 960. The third-order valence-corrected chi connectivity index (χ3v) is 7.23. The van der Waals surface area contributed by atoms with Crippen molar-refractivity contribution in [2.45, 2.75) is 59.5 Å². The highest BCUT2D eigenvalue weighted by Gasteiger charge is 2.56. The van der Waals surface area contributed by atoms with Gasteiger partial charge in [0.2, 0.25) is 0 Å². The van der Waals surface area contributed by atoms with Crippen molar-refractivity contribution in [2.75, 3.05) is 0 Å². The van der Waals surface area contributed by atoms with E-state index >= 15 is 0 Å². The summed E-state index contributed by atoms with van der Waals surface area (Å²) in [4.78, 5) is 30.4. The van der Waals surface area contributed by atoms with Crippen LogP contribution in [-0.4, -0.2) is 21.5 Å². The minimum absolute atomic E-state index is 0.0651. The molecule has 0 aromatic carbocycles. The summed E-state index contributed by atoms with van der Waals surface area (Å²) in [6.45, 7) is 10.8. The summed E-state index contributed by atoms with van der Waals surface area (Å²) in [5, 5.41) is 4.00. The van der Waals surface area contributed by atoms with Crippen LogP contribution in [0, 0.1) is 23.2 Å². The van der Waals surface area contributed by atoms with Crippen molar-refractivity contribution in [1.29, 1.82) is 0 Å². The molecule has 2 heterocycles. The molecule has 3 saturated carbocycles. The number of hydrogen-bond donors (Lipinski definition) is 1. The molecule has 2 bridgehead atoms. The van der Waals surface area contributed by atoms with Crippen LogP contribution in [0.1, 0.15) is 63.9 Å². The second-order valence-corrected chi connectivity index (χ2v) is 9.28. The van der Waals surface area contributed by atoms with Crippen LogP contribution < -0.4 is 10.9 Å². The van der Waals surface area contributed by atoms with Crippen molar-refractivity contribution in [3.63, 3.8) is 0 Å². The fraction of sp³-hybridized carbons (Fsp3) is 0.591. The van der Waals surface area contributed by atoms with Gasteiger partial charge in [-0.15, -0.1) is 0 Å². The van der Waals surface area contributed by atoms with E-state index in [0.29, 0.717) is 28.8 Å². The molecule has 0 aliphatic heterocycles. The van der Waals surface area contributed by atoms with Gasteiger partial charge in [0, 0.05) is 23.7 Å². The summed E-state index contributed by atoms with van der Waals surface area (Å²) >= 11 is 0. The van der Waals surface area contributed by atoms with E-state index in [9.17, 15) is 9.59 Å². The molecule has 0 radical (unpaired) electrons. The van der Waals surface area contributed by atoms with E-state index < -0.39 is 0 Å². The minimum atomic E-state index is -0.261. The number of nitrogens with zero attached hydrogens (tertiary/aromatic N) is 2. The molecule has 144 valence electrons. The summed E-state index contributed by atoms with van der Waals surface area (Å²) in [7, 11) is 0. The maximum absolute atomic E-state index is 13.0. The first-order valence-electron chi connectivity index (χ1n) is 10.0. The van der Waals surface area contributed by atoms with Gasteiger partial charge in [-0.05, 0) is 68.1 Å². The predicted octanol–water partition coefficient (Wildman–Crippen LogP) is 3.78. The maximum atomic E-state index is 13.0. The first kappa shape index (κ1) is 18.2. The molecule has 1 amide bonds. The smallest absolute Gasteiger partial charge is 0.265 e. The van der Waals surface area contributed by atoms with Gasteiger partial charge in [-0.3, -0.25) is 14.2 Å². The number of rotatable bonds is 3. The molecule has 5 nitrogen and oxygen atoms in total. The quantitative estimate of drug-likeness (QED) is 0.898. The molecule has 5 heteroatoms. The van der Waals surface area contributed by atoms with E-state index in [-0.39, 0.29) is 29.1 Å². The molecular weight excluding hydrogens is 338 g/mol. The molecule has 3 fully saturated rings. The number of pyridine rings is 2. The van der Waals surface area contributed by atoms with Crippen LogP contribution in [0.2, 0.25) is 0 Å². The Kier molecular flexibility index (Phi) is 4.17. The monoisotopic (exact) mass is 367 g/mol. The van der Waals surface area contributed by atoms with Gasteiger partial charge >= 0.3 is 0 Å². The lowest BCUT2D eigenvalue weighted by atomic mass is 9.45. The Balaban J connectivity index is 1.66. The SMILES string of the molecule is CC(C)n1c(=O)c(C(=O)N[C@@H]2C[C@@H]3C[C@H]([C@H]2C)C3(C)C)cc2cccnc21. The largest absolute Gasteiger partial charge is 0.349 e. The third kappa shape index (κ3) is 2.70. The van der Waals surface area contributed by atoms with Crippen LogP contribution in [-0.2, 0) is 0 Å². The molecule has 2 aromatic heterocycles. The van der Waals surface area contributed by atoms with E-state index in [4.69, 9.17) is 0 Å². The standard InChI is InChI=1S/C22H29N3O2/c1-12(2)25-19-14(7-6-8-23-19)9-16(21(25)27)20(26)24-18-11-15-10-17(13(18)3)22(15,4)5/h6-9,12-13,15,17-18H,10-11H2,1-5H3,(H,24,26)/t13-,15+,17-,18-/m1/s1. The Morgan fingerprint density at radius 3 is 2.70 bits per heavy atom. The van der Waals surface area contributed by atoms with E-state index in [0.717, 1.165) is 11.8 Å². The lowest BCUT2D eigenvalue weighted by Gasteiger charge is -2.62. The minimum Gasteiger partial charge on any atom is -0.349 e. The Morgan fingerprint density at radius 2 is 2.07 bits per heavy atom. The first-order chi connectivity index (χ1) is 12.7. The van der Waals surface area contributed by atoms with Crippen LogP contribution in [0.5, 0.6) is 0 Å². The topological polar surface area (TPSA) is 64.0 Å². The van der Waals surface area contributed by atoms with Crippen LogP contribution in [0.25, 0.3) is 11.0 Å². The molecule has 0 spiro atoms. The second kappa shape index (κ2) is 6.18. The summed E-state index contributed by atoms with van der Waals surface area (Å²) in [6.07, 6.45) is 3.95. The number of carbonyl (C=O) groups excluding carboxylic acids is 1. The van der Waals surface area contributed by atoms with Gasteiger partial charge in [-0.25, -0.2) is 4.98 Å². The van der Waals surface area contributed by atoms with Crippen molar-refractivity contribution in [2.24, 2.45) is 23.2 Å². The number of fused-ring (bicyclic) bond motifs is 3. The van der Waals surface area contributed by atoms with Crippen molar-refractivity contribution >= 4 is 16.9 Å². The Labute approximate surface area is 160 Å². The molecule has 1 N–H and O–H groups in total. The number of hydrogen-bond acceptors (Lipinski definition) is 3. The van der Waals surface area contributed by atoms with Crippen molar-refractivity contribution < 1.29 is 4.79 Å². The average Bonchev–Trinajstić information content (AvgIpc) is 2.61. The highest BCUT2D eigenvalue weighted by Crippen LogP contribution is 2.61. The molecular formula is C22H29N3O2. The number of amides is 1. The number of carbonyl (C=O) groups is 1. The summed E-state index contributed by atoms with van der Waals surface area (Å²) in [6, 6.07) is 5.50. The van der Waals surface area contributed by atoms with E-state index in [1.165, 1.54) is 6.42 Å². The van der Waals surface area contributed by atoms with Gasteiger partial charge in [0.05, 0.1) is 0 Å². The molecule has 0 unspecified atom stereocenters. The summed E-state index contributed by atoms with van der Waals surface area (Å²) in [5.74, 6) is 1.49. The average molecular weight is 367 g/mol. The fourth-order valence-electron chi connectivity index (χ4n) is 5.39. The maximum Gasteiger partial charge on any atom is 0.265 e. The molecule has 2 aromatic rings. The Morgan fingerprint density at radius 1 is 1.33 bits per heavy atom. The van der Waals surface area contributed by atoms with E-state index in [1.807, 2.05) is 26.0 Å². The van der Waals surface area contributed by atoms with Gasteiger partial charge in [0.25, 0.3) is 11.5 Å². The van der Waals surface area contributed by atoms with Crippen molar-refractivity contribution in [3.05, 3.63) is 40.3 Å². The molecule has 3 aliphatic carbocycles. The highest BCUT2D eigenvalue weighted by molar-refractivity contribution is 5.97. The van der Waals surface area contributed by atoms with Crippen LogP contribution >= 0.6 is 0 Å². The number of aromatic nitrogens is 2. The van der Waals surface area contributed by atoms with Crippen LogP contribution in [0.3, 0.4) is 0 Å². The van der Waals surface area contributed by atoms with Crippen LogP contribution in [0.4, 0.5) is 0 Å². The summed E-state index contributed by atoms with van der Waals surface area (Å²) < 4.78 is 1.62. The van der Waals surface area contributed by atoms with Gasteiger partial charge in [0.15, 0.2) is 0 Å².